The SMILES string of the molecule is Cn1cccc1CC(=O)CC(=O)O. The van der Waals surface area contributed by atoms with E-state index in [1.54, 1.807) is 10.6 Å². The molecule has 0 fully saturated rings. The maximum absolute atomic E-state index is 11.1. The molecule has 0 bridgehead atoms. The molecule has 0 amide bonds. The highest BCUT2D eigenvalue weighted by atomic mass is 16.4. The van der Waals surface area contributed by atoms with Gasteiger partial charge in [0.15, 0.2) is 0 Å². The summed E-state index contributed by atoms with van der Waals surface area (Å²) >= 11 is 0. The number of carboxylic acids is 1. The van der Waals surface area contributed by atoms with Crippen LogP contribution in [-0.4, -0.2) is 21.4 Å². The molecule has 0 atom stereocenters. The number of aromatic nitrogens is 1. The molecule has 0 aliphatic rings. The molecule has 0 aromatic carbocycles. The van der Waals surface area contributed by atoms with Crippen molar-refractivity contribution in [1.82, 2.24) is 4.57 Å². The van der Waals surface area contributed by atoms with Gasteiger partial charge in [0.1, 0.15) is 12.2 Å². The van der Waals surface area contributed by atoms with Gasteiger partial charge in [0.25, 0.3) is 0 Å². The topological polar surface area (TPSA) is 59.3 Å². The molecular formula is C9H11NO3. The summed E-state index contributed by atoms with van der Waals surface area (Å²) in [5, 5.41) is 8.35. The van der Waals surface area contributed by atoms with Crippen LogP contribution < -0.4 is 0 Å². The number of ketones is 1. The standard InChI is InChI=1S/C9H11NO3/c1-10-4-2-3-7(10)5-8(11)6-9(12)13/h2-4H,5-6H2,1H3,(H,12,13). The summed E-state index contributed by atoms with van der Waals surface area (Å²) in [7, 11) is 1.82. The van der Waals surface area contributed by atoms with E-state index < -0.39 is 12.4 Å². The minimum absolute atomic E-state index is 0.190. The number of rotatable bonds is 4. The Morgan fingerprint density at radius 3 is 2.69 bits per heavy atom. The molecule has 1 aromatic rings. The molecule has 1 aromatic heterocycles. The van der Waals surface area contributed by atoms with Crippen molar-refractivity contribution < 1.29 is 14.7 Å². The van der Waals surface area contributed by atoms with E-state index in [4.69, 9.17) is 5.11 Å². The van der Waals surface area contributed by atoms with E-state index in [1.165, 1.54) is 0 Å². The van der Waals surface area contributed by atoms with Crippen molar-refractivity contribution in [2.75, 3.05) is 0 Å². The van der Waals surface area contributed by atoms with Crippen molar-refractivity contribution in [2.24, 2.45) is 7.05 Å². The smallest absolute Gasteiger partial charge is 0.310 e. The third kappa shape index (κ3) is 2.74. The van der Waals surface area contributed by atoms with Gasteiger partial charge in [-0.25, -0.2) is 0 Å². The number of nitrogens with zero attached hydrogens (tertiary/aromatic N) is 1. The molecule has 4 heteroatoms. The molecule has 0 saturated heterocycles. The molecule has 0 aliphatic heterocycles. The summed E-state index contributed by atoms with van der Waals surface area (Å²) in [6.45, 7) is 0. The molecule has 1 heterocycles. The quantitative estimate of drug-likeness (QED) is 0.692. The first-order valence-corrected chi connectivity index (χ1v) is 3.93. The second-order valence-electron chi connectivity index (χ2n) is 2.90. The van der Waals surface area contributed by atoms with E-state index >= 15 is 0 Å². The number of carboxylic acid groups (broad SMARTS) is 1. The van der Waals surface area contributed by atoms with Gasteiger partial charge in [-0.2, -0.15) is 0 Å². The third-order valence-electron chi connectivity index (χ3n) is 1.78. The van der Waals surface area contributed by atoms with Crippen LogP contribution in [0.15, 0.2) is 18.3 Å². The number of hydrogen-bond acceptors (Lipinski definition) is 2. The van der Waals surface area contributed by atoms with Gasteiger partial charge in [0, 0.05) is 25.4 Å². The predicted octanol–water partition coefficient (Wildman–Crippen LogP) is 0.611. The van der Waals surface area contributed by atoms with Crippen molar-refractivity contribution >= 4 is 11.8 Å². The van der Waals surface area contributed by atoms with E-state index in [9.17, 15) is 9.59 Å². The average Bonchev–Trinajstić information content (AvgIpc) is 2.34. The van der Waals surface area contributed by atoms with Crippen molar-refractivity contribution in [2.45, 2.75) is 12.8 Å². The zero-order valence-corrected chi connectivity index (χ0v) is 7.36. The molecule has 0 radical (unpaired) electrons. The highest BCUT2D eigenvalue weighted by Gasteiger charge is 2.09. The highest BCUT2D eigenvalue weighted by Crippen LogP contribution is 2.02. The number of aliphatic carboxylic acids is 1. The van der Waals surface area contributed by atoms with Crippen LogP contribution in [0.5, 0.6) is 0 Å². The van der Waals surface area contributed by atoms with Crippen LogP contribution in [0, 0.1) is 0 Å². The summed E-state index contributed by atoms with van der Waals surface area (Å²) in [5.41, 5.74) is 0.839. The lowest BCUT2D eigenvalue weighted by atomic mass is 10.2. The van der Waals surface area contributed by atoms with Crippen LogP contribution >= 0.6 is 0 Å². The first-order valence-electron chi connectivity index (χ1n) is 3.93. The Balaban J connectivity index is 2.55. The molecule has 0 spiro atoms. The Morgan fingerprint density at radius 2 is 2.23 bits per heavy atom. The molecule has 0 unspecified atom stereocenters. The second-order valence-corrected chi connectivity index (χ2v) is 2.90. The summed E-state index contributed by atoms with van der Waals surface area (Å²) in [4.78, 5) is 21.3. The maximum atomic E-state index is 11.1. The Morgan fingerprint density at radius 1 is 1.54 bits per heavy atom. The maximum Gasteiger partial charge on any atom is 0.310 e. The minimum Gasteiger partial charge on any atom is -0.481 e. The van der Waals surface area contributed by atoms with Gasteiger partial charge >= 0.3 is 5.97 Å². The third-order valence-corrected chi connectivity index (χ3v) is 1.78. The molecule has 1 rings (SSSR count). The molecule has 70 valence electrons. The molecule has 13 heavy (non-hydrogen) atoms. The largest absolute Gasteiger partial charge is 0.481 e. The van der Waals surface area contributed by atoms with Gasteiger partial charge in [0.05, 0.1) is 0 Å². The van der Waals surface area contributed by atoms with Gasteiger partial charge in [-0.15, -0.1) is 0 Å². The fourth-order valence-electron chi connectivity index (χ4n) is 1.11. The molecule has 1 N–H and O–H groups in total. The zero-order valence-electron chi connectivity index (χ0n) is 7.36. The molecule has 0 saturated carbocycles. The van der Waals surface area contributed by atoms with Crippen LogP contribution in [0.4, 0.5) is 0 Å². The highest BCUT2D eigenvalue weighted by molar-refractivity contribution is 5.95. The second kappa shape index (κ2) is 3.89. The fourth-order valence-corrected chi connectivity index (χ4v) is 1.11. The van der Waals surface area contributed by atoms with Crippen LogP contribution in [0.2, 0.25) is 0 Å². The van der Waals surface area contributed by atoms with Gasteiger partial charge in [-0.1, -0.05) is 0 Å². The summed E-state index contributed by atoms with van der Waals surface area (Å²) in [6, 6.07) is 3.63. The lowest BCUT2D eigenvalue weighted by molar-refractivity contribution is -0.140. The van der Waals surface area contributed by atoms with Crippen molar-refractivity contribution in [3.8, 4) is 0 Å². The van der Waals surface area contributed by atoms with Crippen LogP contribution in [0.1, 0.15) is 12.1 Å². The molecular weight excluding hydrogens is 170 g/mol. The first-order chi connectivity index (χ1) is 6.09. The zero-order chi connectivity index (χ0) is 9.84. The van der Waals surface area contributed by atoms with Crippen molar-refractivity contribution in [3.63, 3.8) is 0 Å². The van der Waals surface area contributed by atoms with E-state index in [1.807, 2.05) is 19.3 Å². The Hall–Kier alpha value is -1.58. The lowest BCUT2D eigenvalue weighted by Crippen LogP contribution is -2.11. The predicted molar refractivity (Wildman–Crippen MR) is 46.4 cm³/mol. The van der Waals surface area contributed by atoms with E-state index in [0.29, 0.717) is 0 Å². The lowest BCUT2D eigenvalue weighted by Gasteiger charge is -2.00. The monoisotopic (exact) mass is 181 g/mol. The van der Waals surface area contributed by atoms with Crippen molar-refractivity contribution in [3.05, 3.63) is 24.0 Å². The number of aryl methyl sites for hydroxylation is 1. The van der Waals surface area contributed by atoms with Crippen LogP contribution in [-0.2, 0) is 23.1 Å². The van der Waals surface area contributed by atoms with Gasteiger partial charge in [0.2, 0.25) is 0 Å². The Labute approximate surface area is 75.8 Å². The van der Waals surface area contributed by atoms with Crippen LogP contribution in [0.3, 0.4) is 0 Å². The van der Waals surface area contributed by atoms with Gasteiger partial charge in [-0.05, 0) is 12.1 Å². The number of carbonyl (C=O) groups is 2. The minimum atomic E-state index is -1.07. The van der Waals surface area contributed by atoms with E-state index in [0.717, 1.165) is 5.69 Å². The molecule has 4 nitrogen and oxygen atoms in total. The van der Waals surface area contributed by atoms with Gasteiger partial charge < -0.3 is 9.67 Å². The Kier molecular flexibility index (Phi) is 2.84. The van der Waals surface area contributed by atoms with E-state index in [2.05, 4.69) is 0 Å². The van der Waals surface area contributed by atoms with Gasteiger partial charge in [-0.3, -0.25) is 9.59 Å². The normalized spacial score (nSPS) is 9.92. The average molecular weight is 181 g/mol. The molecule has 0 aliphatic carbocycles. The Bertz CT molecular complexity index is 327. The number of Topliss-reactive ketones (excluding diaryl/α,β-unsaturated/α-hetero) is 1. The van der Waals surface area contributed by atoms with Crippen molar-refractivity contribution in [1.29, 1.82) is 0 Å². The number of hydrogen-bond donors (Lipinski definition) is 1. The van der Waals surface area contributed by atoms with E-state index in [-0.39, 0.29) is 12.2 Å². The fraction of sp³-hybridized carbons (Fsp3) is 0.333. The summed E-state index contributed by atoms with van der Waals surface area (Å²) in [6.07, 6.45) is 1.62. The summed E-state index contributed by atoms with van der Waals surface area (Å²) in [5.74, 6) is -1.34. The first kappa shape index (κ1) is 9.51. The number of carbonyl (C=O) groups excluding carboxylic acids is 1. The van der Waals surface area contributed by atoms with Crippen LogP contribution in [0.25, 0.3) is 0 Å². The summed E-state index contributed by atoms with van der Waals surface area (Å²) < 4.78 is 1.81.